The molecule has 0 aliphatic rings. The summed E-state index contributed by atoms with van der Waals surface area (Å²) >= 11 is 0. The van der Waals surface area contributed by atoms with Crippen molar-refractivity contribution in [1.82, 2.24) is 0 Å². The quantitative estimate of drug-likeness (QED) is 0.182. The van der Waals surface area contributed by atoms with Gasteiger partial charge in [-0.2, -0.15) is 0 Å². The van der Waals surface area contributed by atoms with Crippen molar-refractivity contribution in [2.45, 2.75) is 9.79 Å². The first-order valence-corrected chi connectivity index (χ1v) is 16.5. The minimum Gasteiger partial charge on any atom is -0.497 e. The Morgan fingerprint density at radius 1 is 0.512 bits per heavy atom. The average Bonchev–Trinajstić information content (AvgIpc) is 3.07. The maximum atomic E-state index is 15.2. The maximum absolute atomic E-state index is 15.2. The Balaban J connectivity index is 1.65. The van der Waals surface area contributed by atoms with Crippen LogP contribution in [0.3, 0.4) is 0 Å². The number of hydrogen-bond acceptors (Lipinski definition) is 7. The normalized spacial score (nSPS) is 11.5. The third-order valence-electron chi connectivity index (χ3n) is 7.24. The van der Waals surface area contributed by atoms with E-state index in [2.05, 4.69) is 0 Å². The highest BCUT2D eigenvalue weighted by atomic mass is 32.2. The van der Waals surface area contributed by atoms with Crippen LogP contribution in [0.5, 0.6) is 23.0 Å². The summed E-state index contributed by atoms with van der Waals surface area (Å²) < 4.78 is 63.8. The standard InChI is InChI=1S/C34H31O7PS/c1-38-25-8-14-28(15-9-25)42(35,29-16-10-26(39-2)11-17-29)30-7-5-6-24(22-30)33-23-32(20-21-34(33)41-4)43(36,37)31-18-12-27(40-3)13-19-31/h5-23H,1-4H3. The number of benzene rings is 5. The van der Waals surface area contributed by atoms with Gasteiger partial charge < -0.3 is 23.5 Å². The molecule has 0 aliphatic heterocycles. The zero-order valence-electron chi connectivity index (χ0n) is 24.2. The molecule has 0 fully saturated rings. The Morgan fingerprint density at radius 2 is 1.00 bits per heavy atom. The summed E-state index contributed by atoms with van der Waals surface area (Å²) in [4.78, 5) is 0.244. The van der Waals surface area contributed by atoms with Crippen molar-refractivity contribution >= 4 is 32.9 Å². The van der Waals surface area contributed by atoms with Gasteiger partial charge in [0.2, 0.25) is 9.84 Å². The van der Waals surface area contributed by atoms with Gasteiger partial charge in [-0.3, -0.25) is 0 Å². The highest BCUT2D eigenvalue weighted by Crippen LogP contribution is 2.44. The van der Waals surface area contributed by atoms with Crippen LogP contribution in [0.25, 0.3) is 11.1 Å². The first kappa shape index (κ1) is 30.0. The first-order chi connectivity index (χ1) is 20.7. The fourth-order valence-electron chi connectivity index (χ4n) is 4.87. The average molecular weight is 615 g/mol. The van der Waals surface area contributed by atoms with E-state index >= 15 is 4.57 Å². The number of hydrogen-bond donors (Lipinski definition) is 0. The van der Waals surface area contributed by atoms with Crippen LogP contribution in [-0.4, -0.2) is 36.9 Å². The van der Waals surface area contributed by atoms with Crippen LogP contribution in [0, 0.1) is 0 Å². The molecule has 0 aliphatic carbocycles. The van der Waals surface area contributed by atoms with Crippen LogP contribution in [0.4, 0.5) is 0 Å². The van der Waals surface area contributed by atoms with E-state index in [4.69, 9.17) is 18.9 Å². The van der Waals surface area contributed by atoms with Gasteiger partial charge in [-0.1, -0.05) is 18.2 Å². The maximum Gasteiger partial charge on any atom is 0.206 e. The van der Waals surface area contributed by atoms with Crippen molar-refractivity contribution in [1.29, 1.82) is 0 Å². The van der Waals surface area contributed by atoms with E-state index in [1.165, 1.54) is 32.4 Å². The van der Waals surface area contributed by atoms with Crippen LogP contribution in [0.1, 0.15) is 0 Å². The molecule has 0 aromatic heterocycles. The molecule has 0 radical (unpaired) electrons. The van der Waals surface area contributed by atoms with E-state index in [9.17, 15) is 8.42 Å². The molecule has 0 N–H and O–H groups in total. The van der Waals surface area contributed by atoms with E-state index < -0.39 is 17.0 Å². The summed E-state index contributed by atoms with van der Waals surface area (Å²) in [5.41, 5.74) is 1.21. The van der Waals surface area contributed by atoms with Crippen molar-refractivity contribution in [3.05, 3.63) is 115 Å². The van der Waals surface area contributed by atoms with Crippen LogP contribution >= 0.6 is 7.14 Å². The number of sulfone groups is 1. The number of methoxy groups -OCH3 is 4. The Kier molecular flexibility index (Phi) is 8.62. The summed E-state index contributed by atoms with van der Waals surface area (Å²) in [7, 11) is -1.02. The predicted octanol–water partition coefficient (Wildman–Crippen LogP) is 5.86. The molecule has 0 unspecified atom stereocenters. The monoisotopic (exact) mass is 614 g/mol. The van der Waals surface area contributed by atoms with E-state index in [-0.39, 0.29) is 9.79 Å². The molecule has 5 aromatic carbocycles. The highest BCUT2D eigenvalue weighted by molar-refractivity contribution is 7.91. The lowest BCUT2D eigenvalue weighted by Crippen LogP contribution is -2.25. The summed E-state index contributed by atoms with van der Waals surface area (Å²) in [5, 5.41) is 1.82. The molecule has 5 rings (SSSR count). The molecule has 7 nitrogen and oxygen atoms in total. The SMILES string of the molecule is COc1ccc(P(=O)(c2ccc(OC)cc2)c2cccc(-c3cc(S(=O)(=O)c4ccc(OC)cc4)ccc3OC)c2)cc1. The lowest BCUT2D eigenvalue weighted by molar-refractivity contribution is 0.414. The summed E-state index contributed by atoms with van der Waals surface area (Å²) in [6, 6.07) is 32.6. The van der Waals surface area contributed by atoms with Gasteiger partial charge in [0, 0.05) is 21.5 Å². The Bertz CT molecular complexity index is 1830. The zero-order chi connectivity index (χ0) is 30.6. The lowest BCUT2D eigenvalue weighted by atomic mass is 10.0. The van der Waals surface area contributed by atoms with Gasteiger partial charge in [0.1, 0.15) is 23.0 Å². The smallest absolute Gasteiger partial charge is 0.206 e. The van der Waals surface area contributed by atoms with Crippen LogP contribution in [-0.2, 0) is 14.4 Å². The molecule has 0 bridgehead atoms. The van der Waals surface area contributed by atoms with Crippen molar-refractivity contribution < 1.29 is 31.9 Å². The molecule has 0 saturated carbocycles. The first-order valence-electron chi connectivity index (χ1n) is 13.3. The topological polar surface area (TPSA) is 88.1 Å². The fraction of sp³-hybridized carbons (Fsp3) is 0.118. The largest absolute Gasteiger partial charge is 0.497 e. The second kappa shape index (κ2) is 12.4. The molecule has 220 valence electrons. The highest BCUT2D eigenvalue weighted by Gasteiger charge is 2.31. The van der Waals surface area contributed by atoms with Gasteiger partial charge >= 0.3 is 0 Å². The van der Waals surface area contributed by atoms with Gasteiger partial charge in [-0.15, -0.1) is 0 Å². The number of rotatable bonds is 10. The van der Waals surface area contributed by atoms with Crippen molar-refractivity contribution in [2.24, 2.45) is 0 Å². The molecule has 43 heavy (non-hydrogen) atoms. The van der Waals surface area contributed by atoms with Gasteiger partial charge in [0.25, 0.3) is 0 Å². The Labute approximate surface area is 251 Å². The lowest BCUT2D eigenvalue weighted by Gasteiger charge is -2.21. The fourth-order valence-corrected chi connectivity index (χ4v) is 8.81. The molecular weight excluding hydrogens is 583 g/mol. The third kappa shape index (κ3) is 5.76. The van der Waals surface area contributed by atoms with Crippen molar-refractivity contribution in [3.63, 3.8) is 0 Å². The minimum absolute atomic E-state index is 0.104. The van der Waals surface area contributed by atoms with Crippen LogP contribution in [0.2, 0.25) is 0 Å². The van der Waals surface area contributed by atoms with Crippen LogP contribution in [0.15, 0.2) is 125 Å². The minimum atomic E-state index is -3.85. The molecule has 0 atom stereocenters. The zero-order valence-corrected chi connectivity index (χ0v) is 25.9. The van der Waals surface area contributed by atoms with E-state index in [0.717, 1.165) is 0 Å². The van der Waals surface area contributed by atoms with Crippen LogP contribution < -0.4 is 34.9 Å². The predicted molar refractivity (Wildman–Crippen MR) is 169 cm³/mol. The van der Waals surface area contributed by atoms with Gasteiger partial charge in [-0.05, 0) is 103 Å². The second-order valence-corrected chi connectivity index (χ2v) is 14.3. The van der Waals surface area contributed by atoms with E-state index in [1.54, 1.807) is 87.0 Å². The molecule has 0 heterocycles. The summed E-state index contributed by atoms with van der Waals surface area (Å²) in [6.45, 7) is 0. The molecule has 9 heteroatoms. The summed E-state index contributed by atoms with van der Waals surface area (Å²) in [6.07, 6.45) is 0. The van der Waals surface area contributed by atoms with Gasteiger partial charge in [0.15, 0.2) is 7.14 Å². The Hall–Kier alpha value is -4.52. The molecule has 0 saturated heterocycles. The third-order valence-corrected chi connectivity index (χ3v) is 12.1. The Morgan fingerprint density at radius 3 is 1.49 bits per heavy atom. The molecule has 0 amide bonds. The molecule has 0 spiro atoms. The molecular formula is C34H31O7PS. The van der Waals surface area contributed by atoms with Crippen molar-refractivity contribution in [2.75, 3.05) is 28.4 Å². The summed E-state index contributed by atoms with van der Waals surface area (Å²) in [5.74, 6) is 2.34. The second-order valence-electron chi connectivity index (χ2n) is 9.60. The number of ether oxygens (including phenoxy) is 4. The van der Waals surface area contributed by atoms with E-state index in [1.807, 2.05) is 24.3 Å². The van der Waals surface area contributed by atoms with Crippen molar-refractivity contribution in [3.8, 4) is 34.1 Å². The van der Waals surface area contributed by atoms with Gasteiger partial charge in [0.05, 0.1) is 38.2 Å². The molecule has 5 aromatic rings. The van der Waals surface area contributed by atoms with Gasteiger partial charge in [-0.25, -0.2) is 8.42 Å². The van der Waals surface area contributed by atoms with E-state index in [0.29, 0.717) is 50.0 Å².